The van der Waals surface area contributed by atoms with Gasteiger partial charge in [0, 0.05) is 63.6 Å². The fourth-order valence-corrected chi connectivity index (χ4v) is 4.68. The van der Waals surface area contributed by atoms with Gasteiger partial charge in [-0.25, -0.2) is 4.39 Å². The number of hydrogen-bond acceptors (Lipinski definition) is 5. The predicted octanol–water partition coefficient (Wildman–Crippen LogP) is 1.24. The highest BCUT2D eigenvalue weighted by molar-refractivity contribution is 6.05. The highest BCUT2D eigenvalue weighted by Gasteiger charge is 2.39. The van der Waals surface area contributed by atoms with Gasteiger partial charge in [0.1, 0.15) is 11.9 Å². The van der Waals surface area contributed by atoms with Crippen molar-refractivity contribution in [3.8, 4) is 0 Å². The molecular formula is C22H24FN5O3. The summed E-state index contributed by atoms with van der Waals surface area (Å²) in [7, 11) is 0. The summed E-state index contributed by atoms with van der Waals surface area (Å²) in [6, 6.07) is 4.40. The smallest absolute Gasteiger partial charge is 0.255 e. The molecule has 5 rings (SSSR count). The normalized spacial score (nSPS) is 22.1. The lowest BCUT2D eigenvalue weighted by molar-refractivity contribution is -0.136. The molecule has 2 saturated heterocycles. The van der Waals surface area contributed by atoms with Crippen molar-refractivity contribution >= 4 is 23.4 Å². The van der Waals surface area contributed by atoms with Crippen molar-refractivity contribution in [3.63, 3.8) is 0 Å². The number of aromatic nitrogens is 1. The van der Waals surface area contributed by atoms with Gasteiger partial charge in [-0.05, 0) is 35.7 Å². The van der Waals surface area contributed by atoms with Gasteiger partial charge in [0.15, 0.2) is 0 Å². The molecule has 1 atom stereocenters. The molecule has 1 unspecified atom stereocenters. The highest BCUT2D eigenvalue weighted by atomic mass is 19.1. The molecule has 1 aromatic heterocycles. The number of carbonyl (C=O) groups is 3. The Hall–Kier alpha value is -3.20. The number of hydrogen-bond donors (Lipinski definition) is 2. The molecule has 4 heterocycles. The van der Waals surface area contributed by atoms with Crippen molar-refractivity contribution in [2.24, 2.45) is 0 Å². The van der Waals surface area contributed by atoms with E-state index in [0.29, 0.717) is 30.8 Å². The van der Waals surface area contributed by atoms with Crippen molar-refractivity contribution in [1.82, 2.24) is 20.1 Å². The molecule has 162 valence electrons. The lowest BCUT2D eigenvalue weighted by Gasteiger charge is -2.36. The maximum absolute atomic E-state index is 14.9. The van der Waals surface area contributed by atoms with Crippen LogP contribution in [0.25, 0.3) is 0 Å². The van der Waals surface area contributed by atoms with Gasteiger partial charge in [0.2, 0.25) is 11.8 Å². The fourth-order valence-electron chi connectivity index (χ4n) is 4.68. The number of nitrogens with zero attached hydrogens (tertiary/aromatic N) is 3. The Kier molecular flexibility index (Phi) is 4.97. The van der Waals surface area contributed by atoms with Gasteiger partial charge >= 0.3 is 0 Å². The molecule has 0 aliphatic carbocycles. The Morgan fingerprint density at radius 1 is 1.10 bits per heavy atom. The average molecular weight is 425 g/mol. The van der Waals surface area contributed by atoms with E-state index in [-0.39, 0.29) is 24.8 Å². The number of H-pyrrole nitrogens is 1. The third-order valence-electron chi connectivity index (χ3n) is 6.37. The number of imide groups is 1. The van der Waals surface area contributed by atoms with Crippen LogP contribution in [0.4, 0.5) is 10.1 Å². The molecule has 1 aromatic carbocycles. The highest BCUT2D eigenvalue weighted by Crippen LogP contribution is 2.33. The van der Waals surface area contributed by atoms with E-state index in [1.54, 1.807) is 6.07 Å². The number of benzene rings is 1. The third kappa shape index (κ3) is 3.69. The Bertz CT molecular complexity index is 1030. The van der Waals surface area contributed by atoms with Crippen molar-refractivity contribution in [2.75, 3.05) is 31.1 Å². The fraction of sp³-hybridized carbons (Fsp3) is 0.409. The number of piperazine rings is 1. The molecule has 2 N–H and O–H groups in total. The molecule has 0 spiro atoms. The lowest BCUT2D eigenvalue weighted by Crippen LogP contribution is -2.52. The second-order valence-corrected chi connectivity index (χ2v) is 8.34. The first-order chi connectivity index (χ1) is 15.0. The number of fused-ring (bicyclic) bond motifs is 1. The molecule has 3 aliphatic rings. The SMILES string of the molecule is O=C1CCC(N2Cc3cc(N4CCN(Cc5cc[nH]c5)CC4)c(F)cc3C2=O)C(=O)N1. The summed E-state index contributed by atoms with van der Waals surface area (Å²) in [5.41, 5.74) is 2.75. The standard InChI is InChI=1S/C22H24FN5O3/c23-17-10-16-15(13-28(22(16)31)18-1-2-20(29)25-21(18)30)9-19(17)27-7-5-26(6-8-27)12-14-3-4-24-11-14/h3-4,9-11,18,24H,1-2,5-8,12-13H2,(H,25,29,30). The molecule has 3 amide bonds. The zero-order valence-corrected chi connectivity index (χ0v) is 17.1. The Labute approximate surface area is 179 Å². The maximum Gasteiger partial charge on any atom is 0.255 e. The first-order valence-electron chi connectivity index (χ1n) is 10.6. The van der Waals surface area contributed by atoms with E-state index in [1.807, 2.05) is 17.3 Å². The third-order valence-corrected chi connectivity index (χ3v) is 6.37. The van der Waals surface area contributed by atoms with E-state index in [4.69, 9.17) is 0 Å². The van der Waals surface area contributed by atoms with Gasteiger partial charge in [-0.1, -0.05) is 0 Å². The van der Waals surface area contributed by atoms with Crippen LogP contribution in [-0.2, 0) is 22.7 Å². The number of piperidine rings is 1. The van der Waals surface area contributed by atoms with Crippen LogP contribution in [0.5, 0.6) is 0 Å². The van der Waals surface area contributed by atoms with E-state index in [2.05, 4.69) is 21.3 Å². The van der Waals surface area contributed by atoms with Gasteiger partial charge in [-0.15, -0.1) is 0 Å². The number of nitrogens with one attached hydrogen (secondary N) is 2. The van der Waals surface area contributed by atoms with Crippen molar-refractivity contribution < 1.29 is 18.8 Å². The Balaban J connectivity index is 1.29. The molecule has 0 radical (unpaired) electrons. The van der Waals surface area contributed by atoms with Crippen molar-refractivity contribution in [2.45, 2.75) is 32.0 Å². The molecule has 2 aromatic rings. The molecular weight excluding hydrogens is 401 g/mol. The first-order valence-corrected chi connectivity index (χ1v) is 10.6. The van der Waals surface area contributed by atoms with E-state index in [0.717, 1.165) is 25.2 Å². The second kappa shape index (κ2) is 7.81. The van der Waals surface area contributed by atoms with Crippen LogP contribution in [0.3, 0.4) is 0 Å². The number of rotatable bonds is 4. The zero-order chi connectivity index (χ0) is 21.5. The molecule has 0 saturated carbocycles. The van der Waals surface area contributed by atoms with Gasteiger partial charge < -0.3 is 14.8 Å². The van der Waals surface area contributed by atoms with Crippen molar-refractivity contribution in [1.29, 1.82) is 0 Å². The topological polar surface area (TPSA) is 88.8 Å². The minimum atomic E-state index is -0.693. The van der Waals surface area contributed by atoms with Crippen LogP contribution in [-0.4, -0.2) is 64.7 Å². The summed E-state index contributed by atoms with van der Waals surface area (Å²) in [4.78, 5) is 45.3. The largest absolute Gasteiger partial charge is 0.367 e. The monoisotopic (exact) mass is 425 g/mol. The van der Waals surface area contributed by atoms with E-state index in [1.165, 1.54) is 16.5 Å². The molecule has 9 heteroatoms. The predicted molar refractivity (Wildman–Crippen MR) is 111 cm³/mol. The Morgan fingerprint density at radius 3 is 2.61 bits per heavy atom. The van der Waals surface area contributed by atoms with Crippen molar-refractivity contribution in [3.05, 3.63) is 53.1 Å². The number of carbonyl (C=O) groups excluding carboxylic acids is 3. The van der Waals surface area contributed by atoms with Crippen LogP contribution in [0, 0.1) is 5.82 Å². The second-order valence-electron chi connectivity index (χ2n) is 8.34. The summed E-state index contributed by atoms with van der Waals surface area (Å²) in [6.07, 6.45) is 4.38. The van der Waals surface area contributed by atoms with Crippen LogP contribution in [0.1, 0.15) is 34.3 Å². The summed E-state index contributed by atoms with van der Waals surface area (Å²) in [6.45, 7) is 4.16. The summed E-state index contributed by atoms with van der Waals surface area (Å²) in [5, 5.41) is 2.29. The quantitative estimate of drug-likeness (QED) is 0.720. The van der Waals surface area contributed by atoms with Crippen LogP contribution >= 0.6 is 0 Å². The van der Waals surface area contributed by atoms with Gasteiger partial charge in [0.25, 0.3) is 5.91 Å². The van der Waals surface area contributed by atoms with Crippen LogP contribution in [0.15, 0.2) is 30.6 Å². The van der Waals surface area contributed by atoms with E-state index >= 15 is 0 Å². The first kappa shape index (κ1) is 19.7. The summed E-state index contributed by atoms with van der Waals surface area (Å²) < 4.78 is 14.9. The van der Waals surface area contributed by atoms with Crippen LogP contribution < -0.4 is 10.2 Å². The number of anilines is 1. The van der Waals surface area contributed by atoms with Gasteiger partial charge in [0.05, 0.1) is 5.69 Å². The van der Waals surface area contributed by atoms with E-state index in [9.17, 15) is 18.8 Å². The van der Waals surface area contributed by atoms with Crippen LogP contribution in [0.2, 0.25) is 0 Å². The maximum atomic E-state index is 14.9. The Morgan fingerprint density at radius 2 is 1.90 bits per heavy atom. The summed E-state index contributed by atoms with van der Waals surface area (Å²) >= 11 is 0. The molecule has 0 bridgehead atoms. The lowest BCUT2D eigenvalue weighted by atomic mass is 10.0. The van der Waals surface area contributed by atoms with Gasteiger partial charge in [-0.2, -0.15) is 0 Å². The molecule has 8 nitrogen and oxygen atoms in total. The average Bonchev–Trinajstić information content (AvgIpc) is 3.37. The molecule has 3 aliphatic heterocycles. The summed E-state index contributed by atoms with van der Waals surface area (Å²) in [5.74, 6) is -1.56. The number of amides is 3. The minimum absolute atomic E-state index is 0.198. The van der Waals surface area contributed by atoms with Gasteiger partial charge in [-0.3, -0.25) is 24.6 Å². The minimum Gasteiger partial charge on any atom is -0.367 e. The van der Waals surface area contributed by atoms with E-state index < -0.39 is 17.8 Å². The molecule has 31 heavy (non-hydrogen) atoms. The zero-order valence-electron chi connectivity index (χ0n) is 17.1. The molecule has 2 fully saturated rings. The number of aromatic amines is 1. The number of halogens is 1.